The maximum Gasteiger partial charge on any atom is 0.112 e. The lowest BCUT2D eigenvalue weighted by atomic mass is 9.97. The predicted molar refractivity (Wildman–Crippen MR) is 64.8 cm³/mol. The van der Waals surface area contributed by atoms with E-state index < -0.39 is 0 Å². The van der Waals surface area contributed by atoms with E-state index in [1.165, 1.54) is 49.3 Å². The molecular weight excluding hydrogens is 198 g/mol. The number of rotatable bonds is 2. The molecule has 0 aromatic carbocycles. The highest BCUT2D eigenvalue weighted by atomic mass is 15.1. The van der Waals surface area contributed by atoms with Crippen LogP contribution in [0.1, 0.15) is 49.3 Å². The average Bonchev–Trinajstić information content (AvgIpc) is 2.89. The zero-order valence-corrected chi connectivity index (χ0v) is 10.1. The monoisotopic (exact) mass is 219 g/mol. The van der Waals surface area contributed by atoms with Crippen molar-refractivity contribution in [2.75, 3.05) is 13.1 Å². The van der Waals surface area contributed by atoms with Gasteiger partial charge in [-0.25, -0.2) is 4.98 Å². The minimum atomic E-state index is 0.701. The molecule has 1 saturated heterocycles. The minimum Gasteiger partial charge on any atom is -0.332 e. The Morgan fingerprint density at radius 1 is 1.31 bits per heavy atom. The molecule has 1 N–H and O–H groups in total. The third kappa shape index (κ3) is 1.58. The van der Waals surface area contributed by atoms with Crippen LogP contribution in [0.2, 0.25) is 0 Å². The summed E-state index contributed by atoms with van der Waals surface area (Å²) in [5.74, 6) is 2.08. The number of piperidine rings is 1. The van der Waals surface area contributed by atoms with Crippen molar-refractivity contribution in [2.45, 2.75) is 51.5 Å². The molecule has 0 atom stereocenters. The van der Waals surface area contributed by atoms with E-state index in [2.05, 4.69) is 16.8 Å². The SMILES string of the molecule is CCn1c(C2CCNCC2)nc2c1CCC2. The summed E-state index contributed by atoms with van der Waals surface area (Å²) in [6.07, 6.45) is 6.29. The van der Waals surface area contributed by atoms with Gasteiger partial charge in [-0.1, -0.05) is 0 Å². The van der Waals surface area contributed by atoms with Crippen LogP contribution in [0.25, 0.3) is 0 Å². The van der Waals surface area contributed by atoms with Crippen molar-refractivity contribution in [2.24, 2.45) is 0 Å². The first-order chi connectivity index (χ1) is 7.90. The number of nitrogens with zero attached hydrogens (tertiary/aromatic N) is 2. The Kier molecular flexibility index (Phi) is 2.72. The first kappa shape index (κ1) is 10.3. The molecule has 0 spiro atoms. The fourth-order valence-corrected chi connectivity index (χ4v) is 3.20. The molecule has 0 saturated carbocycles. The number of imidazole rings is 1. The van der Waals surface area contributed by atoms with Gasteiger partial charge in [0.15, 0.2) is 0 Å². The van der Waals surface area contributed by atoms with E-state index in [9.17, 15) is 0 Å². The quantitative estimate of drug-likeness (QED) is 0.823. The fourth-order valence-electron chi connectivity index (χ4n) is 3.20. The smallest absolute Gasteiger partial charge is 0.112 e. The number of hydrogen-bond donors (Lipinski definition) is 1. The zero-order chi connectivity index (χ0) is 11.0. The molecule has 3 heteroatoms. The van der Waals surface area contributed by atoms with Crippen LogP contribution in [-0.2, 0) is 19.4 Å². The van der Waals surface area contributed by atoms with Crippen molar-refractivity contribution >= 4 is 0 Å². The highest BCUT2D eigenvalue weighted by Crippen LogP contribution is 2.30. The molecule has 1 aliphatic carbocycles. The van der Waals surface area contributed by atoms with Crippen LogP contribution >= 0.6 is 0 Å². The average molecular weight is 219 g/mol. The fraction of sp³-hybridized carbons (Fsp3) is 0.769. The van der Waals surface area contributed by atoms with Gasteiger partial charge >= 0.3 is 0 Å². The van der Waals surface area contributed by atoms with Crippen molar-refractivity contribution in [3.8, 4) is 0 Å². The summed E-state index contributed by atoms with van der Waals surface area (Å²) in [5, 5.41) is 3.43. The standard InChI is InChI=1S/C13H21N3/c1-2-16-12-5-3-4-11(12)15-13(16)10-6-8-14-9-7-10/h10,14H,2-9H2,1H3. The van der Waals surface area contributed by atoms with E-state index in [4.69, 9.17) is 4.98 Å². The van der Waals surface area contributed by atoms with Crippen molar-refractivity contribution in [3.05, 3.63) is 17.2 Å². The summed E-state index contributed by atoms with van der Waals surface area (Å²) in [5.41, 5.74) is 2.94. The van der Waals surface area contributed by atoms with E-state index in [-0.39, 0.29) is 0 Å². The molecule has 2 aliphatic rings. The maximum absolute atomic E-state index is 4.92. The van der Waals surface area contributed by atoms with Crippen LogP contribution in [0.4, 0.5) is 0 Å². The number of aryl methyl sites for hydroxylation is 1. The second-order valence-corrected chi connectivity index (χ2v) is 4.99. The highest BCUT2D eigenvalue weighted by Gasteiger charge is 2.26. The van der Waals surface area contributed by atoms with Crippen LogP contribution in [0.5, 0.6) is 0 Å². The molecule has 0 bridgehead atoms. The largest absolute Gasteiger partial charge is 0.332 e. The van der Waals surface area contributed by atoms with Crippen LogP contribution in [0.15, 0.2) is 0 Å². The van der Waals surface area contributed by atoms with Gasteiger partial charge in [0.1, 0.15) is 5.82 Å². The molecule has 3 rings (SSSR count). The first-order valence-corrected chi connectivity index (χ1v) is 6.69. The van der Waals surface area contributed by atoms with E-state index in [1.807, 2.05) is 0 Å². The Balaban J connectivity index is 1.93. The summed E-state index contributed by atoms with van der Waals surface area (Å²) in [4.78, 5) is 4.92. The van der Waals surface area contributed by atoms with Gasteiger partial charge in [0.25, 0.3) is 0 Å². The third-order valence-corrected chi connectivity index (χ3v) is 4.03. The number of hydrogen-bond acceptors (Lipinski definition) is 2. The summed E-state index contributed by atoms with van der Waals surface area (Å²) in [6, 6.07) is 0. The van der Waals surface area contributed by atoms with Crippen molar-refractivity contribution in [1.29, 1.82) is 0 Å². The van der Waals surface area contributed by atoms with Crippen molar-refractivity contribution in [1.82, 2.24) is 14.9 Å². The molecule has 88 valence electrons. The lowest BCUT2D eigenvalue weighted by Crippen LogP contribution is -2.28. The van der Waals surface area contributed by atoms with Crippen LogP contribution in [0.3, 0.4) is 0 Å². The van der Waals surface area contributed by atoms with Crippen molar-refractivity contribution < 1.29 is 0 Å². The lowest BCUT2D eigenvalue weighted by molar-refractivity contribution is 0.429. The summed E-state index contributed by atoms with van der Waals surface area (Å²) >= 11 is 0. The van der Waals surface area contributed by atoms with Gasteiger partial charge in [0, 0.05) is 18.2 Å². The van der Waals surface area contributed by atoms with Crippen LogP contribution in [-0.4, -0.2) is 22.6 Å². The number of nitrogens with one attached hydrogen (secondary N) is 1. The molecule has 16 heavy (non-hydrogen) atoms. The maximum atomic E-state index is 4.92. The predicted octanol–water partition coefficient (Wildman–Crippen LogP) is 1.86. The Hall–Kier alpha value is -0.830. The van der Waals surface area contributed by atoms with Gasteiger partial charge < -0.3 is 9.88 Å². The normalized spacial score (nSPS) is 21.3. The lowest BCUT2D eigenvalue weighted by Gasteiger charge is -2.23. The second kappa shape index (κ2) is 4.21. The Morgan fingerprint density at radius 2 is 2.12 bits per heavy atom. The number of aromatic nitrogens is 2. The first-order valence-electron chi connectivity index (χ1n) is 6.69. The van der Waals surface area contributed by atoms with Gasteiger partial charge in [0.05, 0.1) is 5.69 Å². The zero-order valence-electron chi connectivity index (χ0n) is 10.1. The van der Waals surface area contributed by atoms with E-state index in [1.54, 1.807) is 0 Å². The summed E-state index contributed by atoms with van der Waals surface area (Å²) < 4.78 is 2.50. The van der Waals surface area contributed by atoms with Crippen molar-refractivity contribution in [3.63, 3.8) is 0 Å². The second-order valence-electron chi connectivity index (χ2n) is 4.99. The topological polar surface area (TPSA) is 29.9 Å². The molecule has 1 fully saturated rings. The third-order valence-electron chi connectivity index (χ3n) is 4.03. The van der Waals surface area contributed by atoms with Gasteiger partial charge in [0.2, 0.25) is 0 Å². The molecule has 3 nitrogen and oxygen atoms in total. The van der Waals surface area contributed by atoms with Gasteiger partial charge in [-0.3, -0.25) is 0 Å². The van der Waals surface area contributed by atoms with E-state index in [0.29, 0.717) is 5.92 Å². The van der Waals surface area contributed by atoms with Gasteiger partial charge in [-0.15, -0.1) is 0 Å². The molecule has 2 heterocycles. The van der Waals surface area contributed by atoms with E-state index in [0.717, 1.165) is 19.6 Å². The summed E-state index contributed by atoms with van der Waals surface area (Å²) in [6.45, 7) is 5.67. The molecule has 0 unspecified atom stereocenters. The minimum absolute atomic E-state index is 0.701. The summed E-state index contributed by atoms with van der Waals surface area (Å²) in [7, 11) is 0. The Labute approximate surface area is 97.3 Å². The van der Waals surface area contributed by atoms with Gasteiger partial charge in [-0.2, -0.15) is 0 Å². The molecule has 1 aliphatic heterocycles. The molecule has 1 aromatic rings. The molecule has 0 radical (unpaired) electrons. The Morgan fingerprint density at radius 3 is 2.88 bits per heavy atom. The van der Waals surface area contributed by atoms with E-state index >= 15 is 0 Å². The molecule has 1 aromatic heterocycles. The number of fused-ring (bicyclic) bond motifs is 1. The van der Waals surface area contributed by atoms with Crippen LogP contribution in [0, 0.1) is 0 Å². The van der Waals surface area contributed by atoms with Crippen LogP contribution < -0.4 is 5.32 Å². The highest BCUT2D eigenvalue weighted by molar-refractivity contribution is 5.24. The van der Waals surface area contributed by atoms with Gasteiger partial charge in [-0.05, 0) is 52.1 Å². The Bertz CT molecular complexity index is 375. The molecular formula is C13H21N3. The molecule has 0 amide bonds.